The third-order valence-electron chi connectivity index (χ3n) is 4.53. The standard InChI is InChI=1S/C18H23N3O3.C2HF3O2/c1-3-23-12-16-18-14(11-19-20(18)2)9-10-21(16)17(22)13-24-15-7-5-4-6-8-15;3-2(4,5)1(6)7/h4-8,11,16H,3,9-10,12-13H2,1-2H3;(H,6,7). The second-order valence-corrected chi connectivity index (χ2v) is 6.60. The second kappa shape index (κ2) is 10.8. The van der Waals surface area contributed by atoms with Crippen molar-refractivity contribution in [3.8, 4) is 5.75 Å². The van der Waals surface area contributed by atoms with Gasteiger partial charge < -0.3 is 19.5 Å². The lowest BCUT2D eigenvalue weighted by molar-refractivity contribution is -0.192. The number of carboxylic acid groups (broad SMARTS) is 1. The molecular formula is C20H24F3N3O5. The van der Waals surface area contributed by atoms with Gasteiger partial charge in [0.1, 0.15) is 5.75 Å². The number of carbonyl (C=O) groups is 2. The maximum absolute atomic E-state index is 12.7. The molecule has 0 fully saturated rings. The van der Waals surface area contributed by atoms with Crippen LogP contribution in [0.4, 0.5) is 13.2 Å². The lowest BCUT2D eigenvalue weighted by Crippen LogP contribution is -2.44. The van der Waals surface area contributed by atoms with Crippen LogP contribution >= 0.6 is 0 Å². The largest absolute Gasteiger partial charge is 0.490 e. The molecule has 0 radical (unpaired) electrons. The predicted octanol–water partition coefficient (Wildman–Crippen LogP) is 2.59. The van der Waals surface area contributed by atoms with E-state index in [0.29, 0.717) is 25.5 Å². The Morgan fingerprint density at radius 1 is 1.26 bits per heavy atom. The zero-order valence-electron chi connectivity index (χ0n) is 17.1. The first-order valence-corrected chi connectivity index (χ1v) is 9.51. The number of hydrogen-bond donors (Lipinski definition) is 1. The Bertz CT molecular complexity index is 871. The number of aryl methyl sites for hydroxylation is 1. The minimum Gasteiger partial charge on any atom is -0.484 e. The van der Waals surface area contributed by atoms with Crippen LogP contribution in [0.1, 0.15) is 24.2 Å². The molecule has 170 valence electrons. The molecule has 8 nitrogen and oxygen atoms in total. The van der Waals surface area contributed by atoms with Crippen LogP contribution in [0, 0.1) is 0 Å². The van der Waals surface area contributed by atoms with Crippen molar-refractivity contribution in [3.63, 3.8) is 0 Å². The van der Waals surface area contributed by atoms with Gasteiger partial charge in [-0.3, -0.25) is 9.48 Å². The van der Waals surface area contributed by atoms with Crippen molar-refractivity contribution in [1.82, 2.24) is 14.7 Å². The zero-order chi connectivity index (χ0) is 23.0. The molecule has 1 N–H and O–H groups in total. The minimum absolute atomic E-state index is 0.0276. The van der Waals surface area contributed by atoms with Crippen molar-refractivity contribution in [1.29, 1.82) is 0 Å². The SMILES string of the molecule is CCOCC1c2c(cnn2C)CCN1C(=O)COc1ccccc1.O=C(O)C(F)(F)F. The quantitative estimate of drug-likeness (QED) is 0.738. The molecule has 0 saturated heterocycles. The van der Waals surface area contributed by atoms with Crippen LogP contribution in [-0.4, -0.2) is 64.2 Å². The zero-order valence-corrected chi connectivity index (χ0v) is 17.1. The van der Waals surface area contributed by atoms with Crippen LogP contribution in [0.5, 0.6) is 5.75 Å². The number of halogens is 3. The molecule has 0 spiro atoms. The number of benzene rings is 1. The van der Waals surface area contributed by atoms with Crippen LogP contribution < -0.4 is 4.74 Å². The van der Waals surface area contributed by atoms with Gasteiger partial charge in [-0.1, -0.05) is 18.2 Å². The Morgan fingerprint density at radius 3 is 2.48 bits per heavy atom. The van der Waals surface area contributed by atoms with E-state index < -0.39 is 12.1 Å². The third kappa shape index (κ3) is 6.71. The average molecular weight is 443 g/mol. The van der Waals surface area contributed by atoms with E-state index in [-0.39, 0.29) is 18.6 Å². The van der Waals surface area contributed by atoms with Gasteiger partial charge in [0.2, 0.25) is 0 Å². The summed E-state index contributed by atoms with van der Waals surface area (Å²) in [4.78, 5) is 23.4. The van der Waals surface area contributed by atoms with Crippen molar-refractivity contribution in [3.05, 3.63) is 47.8 Å². The second-order valence-electron chi connectivity index (χ2n) is 6.60. The van der Waals surface area contributed by atoms with Crippen molar-refractivity contribution in [2.75, 3.05) is 26.4 Å². The summed E-state index contributed by atoms with van der Waals surface area (Å²) in [5.41, 5.74) is 2.25. The van der Waals surface area contributed by atoms with E-state index in [4.69, 9.17) is 19.4 Å². The number of carbonyl (C=O) groups excluding carboxylic acids is 1. The van der Waals surface area contributed by atoms with Gasteiger partial charge in [0.25, 0.3) is 5.91 Å². The van der Waals surface area contributed by atoms with E-state index in [2.05, 4.69) is 5.10 Å². The Kier molecular flexibility index (Phi) is 8.43. The number of para-hydroxylation sites is 1. The van der Waals surface area contributed by atoms with E-state index in [9.17, 15) is 18.0 Å². The van der Waals surface area contributed by atoms with E-state index in [0.717, 1.165) is 12.1 Å². The molecule has 2 aromatic rings. The third-order valence-corrected chi connectivity index (χ3v) is 4.53. The smallest absolute Gasteiger partial charge is 0.484 e. The molecule has 1 aromatic carbocycles. The van der Waals surface area contributed by atoms with Gasteiger partial charge in [-0.15, -0.1) is 0 Å². The number of hydrogen-bond acceptors (Lipinski definition) is 5. The molecule has 1 atom stereocenters. The summed E-state index contributed by atoms with van der Waals surface area (Å²) in [6.45, 7) is 3.73. The van der Waals surface area contributed by atoms with Gasteiger partial charge in [0.15, 0.2) is 6.61 Å². The van der Waals surface area contributed by atoms with Gasteiger partial charge in [0.05, 0.1) is 24.5 Å². The molecule has 1 aliphatic heterocycles. The molecular weight excluding hydrogens is 419 g/mol. The Balaban J connectivity index is 0.000000423. The van der Waals surface area contributed by atoms with Gasteiger partial charge in [-0.25, -0.2) is 4.79 Å². The van der Waals surface area contributed by atoms with Crippen molar-refractivity contribution in [2.45, 2.75) is 25.6 Å². The highest BCUT2D eigenvalue weighted by Crippen LogP contribution is 2.29. The summed E-state index contributed by atoms with van der Waals surface area (Å²) in [5.74, 6) is -2.09. The van der Waals surface area contributed by atoms with Gasteiger partial charge in [-0.05, 0) is 31.0 Å². The van der Waals surface area contributed by atoms with Crippen LogP contribution in [0.15, 0.2) is 36.5 Å². The molecule has 0 bridgehead atoms. The maximum atomic E-state index is 12.7. The highest BCUT2D eigenvalue weighted by Gasteiger charge is 2.38. The summed E-state index contributed by atoms with van der Waals surface area (Å²) in [7, 11) is 1.91. The highest BCUT2D eigenvalue weighted by molar-refractivity contribution is 5.78. The number of fused-ring (bicyclic) bond motifs is 1. The Labute approximate surface area is 177 Å². The monoisotopic (exact) mass is 443 g/mol. The topological polar surface area (TPSA) is 93.9 Å². The fourth-order valence-electron chi connectivity index (χ4n) is 3.10. The van der Waals surface area contributed by atoms with Crippen molar-refractivity contribution in [2.24, 2.45) is 7.05 Å². The number of aliphatic carboxylic acids is 1. The van der Waals surface area contributed by atoms with Gasteiger partial charge in [-0.2, -0.15) is 18.3 Å². The van der Waals surface area contributed by atoms with Crippen LogP contribution in [0.2, 0.25) is 0 Å². The van der Waals surface area contributed by atoms with E-state index in [1.165, 1.54) is 5.56 Å². The molecule has 1 aliphatic rings. The molecule has 2 heterocycles. The molecule has 31 heavy (non-hydrogen) atoms. The fourth-order valence-corrected chi connectivity index (χ4v) is 3.10. The number of carboxylic acids is 1. The van der Waals surface area contributed by atoms with E-state index >= 15 is 0 Å². The number of amides is 1. The van der Waals surface area contributed by atoms with Gasteiger partial charge in [0, 0.05) is 20.2 Å². The molecule has 1 aromatic heterocycles. The van der Waals surface area contributed by atoms with Crippen molar-refractivity contribution < 1.29 is 37.3 Å². The van der Waals surface area contributed by atoms with Crippen LogP contribution in [-0.2, 0) is 27.8 Å². The normalized spacial score (nSPS) is 15.5. The summed E-state index contributed by atoms with van der Waals surface area (Å²) in [5, 5.41) is 11.5. The number of ether oxygens (including phenoxy) is 2. The van der Waals surface area contributed by atoms with Crippen LogP contribution in [0.25, 0.3) is 0 Å². The summed E-state index contributed by atoms with van der Waals surface area (Å²) < 4.78 is 44.8. The average Bonchev–Trinajstić information content (AvgIpc) is 3.12. The number of rotatable bonds is 6. The maximum Gasteiger partial charge on any atom is 0.490 e. The molecule has 1 unspecified atom stereocenters. The first-order valence-electron chi connectivity index (χ1n) is 9.51. The number of alkyl halides is 3. The Morgan fingerprint density at radius 2 is 1.90 bits per heavy atom. The number of nitrogens with zero attached hydrogens (tertiary/aromatic N) is 3. The lowest BCUT2D eigenvalue weighted by Gasteiger charge is -2.35. The van der Waals surface area contributed by atoms with E-state index in [1.807, 2.05) is 60.1 Å². The first kappa shape index (κ1) is 24.2. The minimum atomic E-state index is -5.08. The summed E-state index contributed by atoms with van der Waals surface area (Å²) in [6, 6.07) is 9.27. The fraction of sp³-hybridized carbons (Fsp3) is 0.450. The summed E-state index contributed by atoms with van der Waals surface area (Å²) in [6.07, 6.45) is -2.39. The number of aromatic nitrogens is 2. The molecule has 11 heteroatoms. The van der Waals surface area contributed by atoms with Crippen molar-refractivity contribution >= 4 is 11.9 Å². The van der Waals surface area contributed by atoms with E-state index in [1.54, 1.807) is 0 Å². The predicted molar refractivity (Wildman–Crippen MR) is 103 cm³/mol. The molecule has 0 aliphatic carbocycles. The van der Waals surface area contributed by atoms with Gasteiger partial charge >= 0.3 is 12.1 Å². The lowest BCUT2D eigenvalue weighted by atomic mass is 10.00. The highest BCUT2D eigenvalue weighted by atomic mass is 19.4. The Hall–Kier alpha value is -3.08. The summed E-state index contributed by atoms with van der Waals surface area (Å²) >= 11 is 0. The molecule has 3 rings (SSSR count). The molecule has 0 saturated carbocycles. The van der Waals surface area contributed by atoms with Crippen LogP contribution in [0.3, 0.4) is 0 Å². The first-order chi connectivity index (χ1) is 14.6. The molecule has 1 amide bonds.